The van der Waals surface area contributed by atoms with E-state index in [1.165, 1.54) is 6.42 Å². The minimum atomic E-state index is -0.486. The van der Waals surface area contributed by atoms with E-state index in [0.29, 0.717) is 5.75 Å². The van der Waals surface area contributed by atoms with Gasteiger partial charge < -0.3 is 14.4 Å². The number of nitrogens with zero attached hydrogens (tertiary/aromatic N) is 1. The first-order valence-corrected chi connectivity index (χ1v) is 7.65. The highest BCUT2D eigenvalue weighted by atomic mass is 16.5. The Morgan fingerprint density at radius 1 is 1.24 bits per heavy atom. The molecule has 0 spiro atoms. The van der Waals surface area contributed by atoms with Gasteiger partial charge in [-0.05, 0) is 52.2 Å². The van der Waals surface area contributed by atoms with Crippen molar-refractivity contribution in [3.05, 3.63) is 24.3 Å². The molecule has 0 N–H and O–H groups in total. The van der Waals surface area contributed by atoms with Crippen LogP contribution in [0.5, 0.6) is 11.5 Å². The molecule has 1 amide bonds. The second kappa shape index (κ2) is 6.83. The zero-order valence-corrected chi connectivity index (χ0v) is 13.3. The van der Waals surface area contributed by atoms with Crippen LogP contribution >= 0.6 is 0 Å². The number of hydrogen-bond acceptors (Lipinski definition) is 3. The minimum absolute atomic E-state index is 0.0671. The maximum absolute atomic E-state index is 12.6. The van der Waals surface area contributed by atoms with Gasteiger partial charge in [0.25, 0.3) is 5.91 Å². The van der Waals surface area contributed by atoms with E-state index in [9.17, 15) is 4.79 Å². The summed E-state index contributed by atoms with van der Waals surface area (Å²) in [5.74, 6) is 1.46. The maximum Gasteiger partial charge on any atom is 0.263 e. The molecular weight excluding hydrogens is 266 g/mol. The molecule has 1 aliphatic rings. The van der Waals surface area contributed by atoms with Gasteiger partial charge in [0, 0.05) is 18.2 Å². The molecule has 2 rings (SSSR count). The smallest absolute Gasteiger partial charge is 0.263 e. The molecular formula is C17H25NO3. The molecule has 0 aromatic heterocycles. The van der Waals surface area contributed by atoms with Crippen LogP contribution in [0.2, 0.25) is 0 Å². The largest absolute Gasteiger partial charge is 0.497 e. The fourth-order valence-electron chi connectivity index (χ4n) is 2.99. The third-order valence-electron chi connectivity index (χ3n) is 4.15. The van der Waals surface area contributed by atoms with Gasteiger partial charge in [0.05, 0.1) is 7.11 Å². The van der Waals surface area contributed by atoms with Gasteiger partial charge >= 0.3 is 0 Å². The van der Waals surface area contributed by atoms with Gasteiger partial charge in [-0.25, -0.2) is 0 Å². The van der Waals surface area contributed by atoms with E-state index in [1.54, 1.807) is 13.2 Å². The van der Waals surface area contributed by atoms with E-state index in [1.807, 2.05) is 30.0 Å². The fraction of sp³-hybridized carbons (Fsp3) is 0.588. The SMILES string of the molecule is COc1cccc(OC(C)C(=O)N2C(C)CCCC2C)c1. The number of carbonyl (C=O) groups is 1. The number of ether oxygens (including phenoxy) is 2. The highest BCUT2D eigenvalue weighted by Gasteiger charge is 2.32. The molecule has 1 aliphatic heterocycles. The molecule has 4 nitrogen and oxygen atoms in total. The zero-order valence-electron chi connectivity index (χ0n) is 13.3. The number of benzene rings is 1. The molecule has 21 heavy (non-hydrogen) atoms. The molecule has 1 aromatic carbocycles. The first-order chi connectivity index (χ1) is 10.0. The summed E-state index contributed by atoms with van der Waals surface area (Å²) in [6.07, 6.45) is 2.85. The highest BCUT2D eigenvalue weighted by molar-refractivity contribution is 5.81. The van der Waals surface area contributed by atoms with Crippen molar-refractivity contribution in [2.24, 2.45) is 0 Å². The molecule has 0 bridgehead atoms. The number of piperidine rings is 1. The van der Waals surface area contributed by atoms with E-state index < -0.39 is 6.10 Å². The quantitative estimate of drug-likeness (QED) is 0.854. The van der Waals surface area contributed by atoms with Crippen LogP contribution < -0.4 is 9.47 Å². The van der Waals surface area contributed by atoms with E-state index in [-0.39, 0.29) is 18.0 Å². The van der Waals surface area contributed by atoms with Gasteiger partial charge in [-0.3, -0.25) is 4.79 Å². The Balaban J connectivity index is 2.04. The number of hydrogen-bond donors (Lipinski definition) is 0. The summed E-state index contributed by atoms with van der Waals surface area (Å²) in [5, 5.41) is 0. The summed E-state index contributed by atoms with van der Waals surface area (Å²) < 4.78 is 11.0. The van der Waals surface area contributed by atoms with Gasteiger partial charge in [-0.15, -0.1) is 0 Å². The monoisotopic (exact) mass is 291 g/mol. The molecule has 116 valence electrons. The second-order valence-corrected chi connectivity index (χ2v) is 5.81. The zero-order chi connectivity index (χ0) is 15.4. The fourth-order valence-corrected chi connectivity index (χ4v) is 2.99. The molecule has 0 radical (unpaired) electrons. The Morgan fingerprint density at radius 3 is 2.48 bits per heavy atom. The summed E-state index contributed by atoms with van der Waals surface area (Å²) in [5.41, 5.74) is 0. The first kappa shape index (κ1) is 15.7. The Morgan fingerprint density at radius 2 is 1.86 bits per heavy atom. The molecule has 3 atom stereocenters. The topological polar surface area (TPSA) is 38.8 Å². The van der Waals surface area contributed by atoms with Crippen LogP contribution in [0.4, 0.5) is 0 Å². The molecule has 4 heteroatoms. The Labute approximate surface area is 127 Å². The Hall–Kier alpha value is -1.71. The van der Waals surface area contributed by atoms with Gasteiger partial charge in [-0.2, -0.15) is 0 Å². The molecule has 1 saturated heterocycles. The standard InChI is InChI=1S/C17H25NO3/c1-12-7-5-8-13(2)18(12)17(19)14(3)21-16-10-6-9-15(11-16)20-4/h6,9-14H,5,7-8H2,1-4H3. The second-order valence-electron chi connectivity index (χ2n) is 5.81. The van der Waals surface area contributed by atoms with Crippen molar-refractivity contribution in [3.8, 4) is 11.5 Å². The summed E-state index contributed by atoms with van der Waals surface area (Å²) in [7, 11) is 1.62. The molecule has 3 unspecified atom stereocenters. The van der Waals surface area contributed by atoms with Crippen molar-refractivity contribution in [1.29, 1.82) is 0 Å². The molecule has 0 saturated carbocycles. The van der Waals surface area contributed by atoms with Crippen LogP contribution in [-0.2, 0) is 4.79 Å². The Bertz CT molecular complexity index is 479. The summed E-state index contributed by atoms with van der Waals surface area (Å²) in [6.45, 7) is 6.05. The number of likely N-dealkylation sites (tertiary alicyclic amines) is 1. The lowest BCUT2D eigenvalue weighted by atomic mass is 9.97. The van der Waals surface area contributed by atoms with Crippen LogP contribution in [0, 0.1) is 0 Å². The highest BCUT2D eigenvalue weighted by Crippen LogP contribution is 2.25. The third-order valence-corrected chi connectivity index (χ3v) is 4.15. The maximum atomic E-state index is 12.6. The van der Waals surface area contributed by atoms with Gasteiger partial charge in [-0.1, -0.05) is 6.07 Å². The molecule has 1 heterocycles. The van der Waals surface area contributed by atoms with Crippen molar-refractivity contribution in [2.75, 3.05) is 7.11 Å². The lowest BCUT2D eigenvalue weighted by molar-refractivity contribution is -0.144. The van der Waals surface area contributed by atoms with Gasteiger partial charge in [0.2, 0.25) is 0 Å². The van der Waals surface area contributed by atoms with Crippen molar-refractivity contribution >= 4 is 5.91 Å². The van der Waals surface area contributed by atoms with E-state index >= 15 is 0 Å². The third kappa shape index (κ3) is 3.69. The molecule has 1 fully saturated rings. The normalized spacial score (nSPS) is 23.5. The molecule has 0 aliphatic carbocycles. The number of amides is 1. The van der Waals surface area contributed by atoms with Gasteiger partial charge in [0.15, 0.2) is 6.10 Å². The lowest BCUT2D eigenvalue weighted by Gasteiger charge is -2.40. The van der Waals surface area contributed by atoms with Crippen molar-refractivity contribution < 1.29 is 14.3 Å². The molecule has 1 aromatic rings. The van der Waals surface area contributed by atoms with E-state index in [0.717, 1.165) is 18.6 Å². The first-order valence-electron chi connectivity index (χ1n) is 7.65. The van der Waals surface area contributed by atoms with E-state index in [2.05, 4.69) is 13.8 Å². The van der Waals surface area contributed by atoms with Crippen LogP contribution in [0.15, 0.2) is 24.3 Å². The summed E-state index contributed by atoms with van der Waals surface area (Å²) >= 11 is 0. The number of methoxy groups -OCH3 is 1. The minimum Gasteiger partial charge on any atom is -0.497 e. The average molecular weight is 291 g/mol. The summed E-state index contributed by atoms with van der Waals surface area (Å²) in [4.78, 5) is 14.6. The van der Waals surface area contributed by atoms with Crippen LogP contribution in [0.25, 0.3) is 0 Å². The van der Waals surface area contributed by atoms with Crippen LogP contribution in [0.3, 0.4) is 0 Å². The van der Waals surface area contributed by atoms with Gasteiger partial charge in [0.1, 0.15) is 11.5 Å². The van der Waals surface area contributed by atoms with Crippen LogP contribution in [-0.4, -0.2) is 36.1 Å². The lowest BCUT2D eigenvalue weighted by Crippen LogP contribution is -2.51. The van der Waals surface area contributed by atoms with Crippen molar-refractivity contribution in [2.45, 2.75) is 58.2 Å². The predicted octanol–water partition coefficient (Wildman–Crippen LogP) is 3.25. The van der Waals surface area contributed by atoms with Crippen molar-refractivity contribution in [3.63, 3.8) is 0 Å². The van der Waals surface area contributed by atoms with E-state index in [4.69, 9.17) is 9.47 Å². The summed E-state index contributed by atoms with van der Waals surface area (Å²) in [6, 6.07) is 7.93. The number of rotatable bonds is 4. The Kier molecular flexibility index (Phi) is 5.10. The predicted molar refractivity (Wildman–Crippen MR) is 82.7 cm³/mol. The average Bonchev–Trinajstić information content (AvgIpc) is 2.47. The van der Waals surface area contributed by atoms with Crippen LogP contribution in [0.1, 0.15) is 40.0 Å². The van der Waals surface area contributed by atoms with Crippen molar-refractivity contribution in [1.82, 2.24) is 4.90 Å². The number of carbonyl (C=O) groups excluding carboxylic acids is 1.